The number of hydrogen-bond acceptors (Lipinski definition) is 1. The Labute approximate surface area is 41.9 Å². The van der Waals surface area contributed by atoms with Crippen LogP contribution in [0.3, 0.4) is 0 Å². The molecular weight excluding hydrogens is 94.1 g/mol. The van der Waals surface area contributed by atoms with Crippen LogP contribution in [-0.4, -0.2) is 6.26 Å². The van der Waals surface area contributed by atoms with Gasteiger partial charge in [-0.2, -0.15) is 0 Å². The maximum absolute atomic E-state index is 4.74. The van der Waals surface area contributed by atoms with Gasteiger partial charge in [0.05, 0.1) is 5.41 Å². The van der Waals surface area contributed by atoms with Crippen molar-refractivity contribution in [2.24, 2.45) is 0 Å². The highest BCUT2D eigenvalue weighted by Gasteiger charge is 1.66. The van der Waals surface area contributed by atoms with Crippen molar-refractivity contribution in [2.45, 2.75) is 0 Å². The van der Waals surface area contributed by atoms with E-state index in [9.17, 15) is 0 Å². The number of thioether (sulfide) groups is 1. The van der Waals surface area contributed by atoms with Crippen molar-refractivity contribution in [3.8, 4) is 6.57 Å². The molecule has 0 amide bonds. The first-order chi connectivity index (χ1) is 2.91. The van der Waals surface area contributed by atoms with E-state index in [0.29, 0.717) is 0 Å². The number of rotatable bonds is 1. The fourth-order valence-electron chi connectivity index (χ4n) is 0.0960. The van der Waals surface area contributed by atoms with E-state index in [1.165, 1.54) is 0 Å². The minimum atomic E-state index is 1.55. The van der Waals surface area contributed by atoms with Crippen LogP contribution in [0.1, 0.15) is 0 Å². The van der Waals surface area contributed by atoms with Crippen molar-refractivity contribution >= 4 is 11.8 Å². The quantitative estimate of drug-likeness (QED) is 0.486. The maximum Gasteiger partial charge on any atom is 0.311 e. The van der Waals surface area contributed by atoms with Crippen molar-refractivity contribution < 1.29 is 0 Å². The average Bonchev–Trinajstić information content (AvgIpc) is 1.61. The van der Waals surface area contributed by atoms with Gasteiger partial charge < -0.3 is 0 Å². The summed E-state index contributed by atoms with van der Waals surface area (Å²) >= 11 is 1.57. The van der Waals surface area contributed by atoms with Crippen LogP contribution in [0.2, 0.25) is 0 Å². The van der Waals surface area contributed by atoms with Crippen molar-refractivity contribution in [2.75, 3.05) is 6.26 Å². The molecule has 0 saturated carbocycles. The molecule has 2 heteroatoms. The largest absolute Gasteiger partial charge is 0.311 e. The highest BCUT2D eigenvalue weighted by atomic mass is 32.2. The first-order valence-corrected chi connectivity index (χ1v) is 2.78. The van der Waals surface area contributed by atoms with Crippen molar-refractivity contribution in [3.05, 3.63) is 16.5 Å². The lowest BCUT2D eigenvalue weighted by atomic mass is 11.1. The molecule has 0 aliphatic carbocycles. The lowest BCUT2D eigenvalue weighted by Crippen LogP contribution is -1.35. The second-order valence-corrected chi connectivity index (χ2v) is 1.41. The molecule has 0 fully saturated rings. The predicted octanol–water partition coefficient (Wildman–Crippen LogP) is 1.78. The van der Waals surface area contributed by atoms with Crippen LogP contribution in [0.15, 0.2) is 11.6 Å². The Hall–Kier alpha value is -0.420. The Morgan fingerprint density at radius 1 is 1.83 bits per heavy atom. The van der Waals surface area contributed by atoms with Gasteiger partial charge in [-0.3, -0.25) is 0 Å². The van der Waals surface area contributed by atoms with E-state index in [1.54, 1.807) is 23.4 Å². The fourth-order valence-corrected chi connectivity index (χ4v) is 0.288. The molecule has 0 aromatic heterocycles. The summed E-state index contributed by atoms with van der Waals surface area (Å²) in [7, 11) is 0. The van der Waals surface area contributed by atoms with E-state index in [-0.39, 0.29) is 0 Å². The molecule has 0 atom stereocenters. The minimum Gasteiger partial charge on any atom is -0.130 e. The van der Waals surface area contributed by atoms with E-state index >= 15 is 0 Å². The minimum absolute atomic E-state index is 1.55. The molecule has 6 heavy (non-hydrogen) atoms. The summed E-state index contributed by atoms with van der Waals surface area (Å²) in [6, 6.07) is 0. The van der Waals surface area contributed by atoms with E-state index in [4.69, 9.17) is 6.57 Å². The Bertz CT molecular complexity index is 80.0. The molecule has 0 bridgehead atoms. The summed E-state index contributed by atoms with van der Waals surface area (Å²) in [5.74, 6) is 0. The van der Waals surface area contributed by atoms with Gasteiger partial charge in [0.1, 0.15) is 0 Å². The van der Waals surface area contributed by atoms with Crippen molar-refractivity contribution in [3.63, 3.8) is 0 Å². The lowest BCUT2D eigenvalue weighted by molar-refractivity contribution is 2.12. The van der Waals surface area contributed by atoms with Crippen LogP contribution >= 0.6 is 11.8 Å². The summed E-state index contributed by atoms with van der Waals surface area (Å²) in [4.78, 5) is 3.22. The molecule has 0 unspecified atom stereocenters. The van der Waals surface area contributed by atoms with Gasteiger partial charge in [-0.25, -0.2) is 0 Å². The first-order valence-electron chi connectivity index (χ1n) is 1.49. The maximum atomic E-state index is 4.74. The van der Waals surface area contributed by atoms with Gasteiger partial charge in [-0.05, 0) is 11.1 Å². The van der Waals surface area contributed by atoms with E-state index < -0.39 is 0 Å². The molecule has 32 valence electrons. The third-order valence-corrected chi connectivity index (χ3v) is 0.677. The van der Waals surface area contributed by atoms with Crippen LogP contribution in [0, 0.1) is 6.57 Å². The molecule has 0 rings (SSSR count). The zero-order chi connectivity index (χ0) is 4.83. The van der Waals surface area contributed by atoms with Crippen LogP contribution in [-0.2, 0) is 0 Å². The molecule has 0 N–H and O–H groups in total. The summed E-state index contributed by atoms with van der Waals surface area (Å²) in [5.41, 5.74) is 0. The molecule has 0 spiro atoms. The van der Waals surface area contributed by atoms with Gasteiger partial charge in [0.25, 0.3) is 6.57 Å². The van der Waals surface area contributed by atoms with Crippen molar-refractivity contribution in [1.29, 1.82) is 0 Å². The van der Waals surface area contributed by atoms with Crippen LogP contribution in [0.4, 0.5) is 0 Å². The molecule has 0 aromatic carbocycles. The van der Waals surface area contributed by atoms with Crippen LogP contribution in [0.25, 0.3) is 4.85 Å². The first kappa shape index (κ1) is 5.58. The standard InChI is InChI=1S/C4H6NS/c1-5-3-4-6-2/h1,3-4H,2H3/q+1. The zero-order valence-corrected chi connectivity index (χ0v) is 4.40. The van der Waals surface area contributed by atoms with Crippen molar-refractivity contribution in [1.82, 2.24) is 0 Å². The lowest BCUT2D eigenvalue weighted by Gasteiger charge is -1.59. The van der Waals surface area contributed by atoms with E-state index in [0.717, 1.165) is 0 Å². The molecule has 0 aliphatic heterocycles. The van der Waals surface area contributed by atoms with Gasteiger partial charge in [0, 0.05) is 0 Å². The summed E-state index contributed by atoms with van der Waals surface area (Å²) in [5, 5.41) is 1.81. The third-order valence-electron chi connectivity index (χ3n) is 0.283. The topological polar surface area (TPSA) is 4.36 Å². The molecule has 0 saturated heterocycles. The Kier molecular flexibility index (Phi) is 4.26. The van der Waals surface area contributed by atoms with Crippen LogP contribution < -0.4 is 0 Å². The SMILES string of the molecule is C#[N+]C=CSC. The summed E-state index contributed by atoms with van der Waals surface area (Å²) < 4.78 is 0. The molecule has 1 nitrogen and oxygen atoms in total. The molecule has 0 radical (unpaired) electrons. The van der Waals surface area contributed by atoms with Gasteiger partial charge >= 0.3 is 6.20 Å². The van der Waals surface area contributed by atoms with Gasteiger partial charge in [0.2, 0.25) is 0 Å². The number of hydrogen-bond donors (Lipinski definition) is 0. The fraction of sp³-hybridized carbons (Fsp3) is 0.250. The predicted molar refractivity (Wildman–Crippen MR) is 31.0 cm³/mol. The van der Waals surface area contributed by atoms with Gasteiger partial charge in [0.15, 0.2) is 0 Å². The summed E-state index contributed by atoms with van der Waals surface area (Å²) in [6.45, 7) is 4.74. The molecule has 0 aliphatic rings. The highest BCUT2D eigenvalue weighted by Crippen LogP contribution is 1.91. The molecule has 0 heterocycles. The average molecular weight is 100 g/mol. The normalized spacial score (nSPS) is 8.67. The Morgan fingerprint density at radius 2 is 2.50 bits per heavy atom. The zero-order valence-electron chi connectivity index (χ0n) is 3.59. The Balaban J connectivity index is 3.02. The highest BCUT2D eigenvalue weighted by molar-refractivity contribution is 8.01. The smallest absolute Gasteiger partial charge is 0.130 e. The monoisotopic (exact) mass is 100 g/mol. The Morgan fingerprint density at radius 3 is 2.67 bits per heavy atom. The molecular formula is C4H6NS+. The van der Waals surface area contributed by atoms with E-state index in [1.807, 2.05) is 6.26 Å². The van der Waals surface area contributed by atoms with Gasteiger partial charge in [-0.1, -0.05) is 0 Å². The van der Waals surface area contributed by atoms with Gasteiger partial charge in [-0.15, -0.1) is 11.8 Å². The molecule has 0 aromatic rings. The van der Waals surface area contributed by atoms with Crippen LogP contribution in [0.5, 0.6) is 0 Å². The summed E-state index contributed by atoms with van der Waals surface area (Å²) in [6.07, 6.45) is 3.49. The third kappa shape index (κ3) is 3.58. The second kappa shape index (κ2) is 4.58. The second-order valence-electron chi connectivity index (χ2n) is 0.670. The number of nitrogens with zero attached hydrogens (tertiary/aromatic N) is 1. The van der Waals surface area contributed by atoms with E-state index in [2.05, 4.69) is 4.85 Å².